The lowest BCUT2D eigenvalue weighted by Crippen LogP contribution is -2.50. The third kappa shape index (κ3) is 5.23. The number of rotatable bonds is 5. The molecule has 4 aromatic rings. The molecule has 0 unspecified atom stereocenters. The maximum Gasteiger partial charge on any atom is 0.407 e. The zero-order valence-corrected chi connectivity index (χ0v) is 25.8. The van der Waals surface area contributed by atoms with Crippen molar-refractivity contribution in [3.63, 3.8) is 0 Å². The van der Waals surface area contributed by atoms with Crippen molar-refractivity contribution in [3.8, 4) is 17.3 Å². The van der Waals surface area contributed by atoms with Gasteiger partial charge in [-0.3, -0.25) is 4.79 Å². The van der Waals surface area contributed by atoms with E-state index in [1.165, 1.54) is 23.7 Å². The number of alkyl carbamates (subject to hydrolysis) is 1. The van der Waals surface area contributed by atoms with Crippen LogP contribution in [0.15, 0.2) is 42.5 Å². The van der Waals surface area contributed by atoms with Gasteiger partial charge in [0.05, 0.1) is 16.7 Å². The SMILES string of the molecule is CC(C)(C)OC(=O)N[C@@H]1CCCN(C(=O)c2cc3c4c(c2)nc(-c2cc5ccccc5n2CC2CC2)n4C(C)(C)CO3)C1. The van der Waals surface area contributed by atoms with Gasteiger partial charge in [0, 0.05) is 42.1 Å². The quantitative estimate of drug-likeness (QED) is 0.297. The molecule has 1 saturated carbocycles. The largest absolute Gasteiger partial charge is 0.489 e. The summed E-state index contributed by atoms with van der Waals surface area (Å²) >= 11 is 0. The van der Waals surface area contributed by atoms with Gasteiger partial charge in [0.1, 0.15) is 23.5 Å². The molecule has 0 bridgehead atoms. The number of carbonyl (C=O) groups is 2. The summed E-state index contributed by atoms with van der Waals surface area (Å²) in [6.45, 7) is 12.4. The van der Waals surface area contributed by atoms with Crippen LogP contribution in [0, 0.1) is 5.92 Å². The number of aromatic nitrogens is 3. The number of nitrogens with one attached hydrogen (secondary N) is 1. The molecule has 2 fully saturated rings. The number of hydrogen-bond donors (Lipinski definition) is 1. The molecule has 1 aliphatic carbocycles. The van der Waals surface area contributed by atoms with Crippen molar-refractivity contribution < 1.29 is 19.1 Å². The molecule has 1 atom stereocenters. The third-order valence-corrected chi connectivity index (χ3v) is 8.76. The first-order valence-corrected chi connectivity index (χ1v) is 15.5. The zero-order chi connectivity index (χ0) is 30.1. The van der Waals surface area contributed by atoms with E-state index in [0.717, 1.165) is 41.9 Å². The fraction of sp³-hybridized carbons (Fsp3) is 0.500. The maximum absolute atomic E-state index is 13.9. The topological polar surface area (TPSA) is 90.6 Å². The molecule has 0 spiro atoms. The Hall–Kier alpha value is -4.01. The van der Waals surface area contributed by atoms with E-state index in [-0.39, 0.29) is 17.5 Å². The maximum atomic E-state index is 13.9. The Morgan fingerprint density at radius 1 is 1.12 bits per heavy atom. The molecule has 9 nitrogen and oxygen atoms in total. The molecule has 9 heteroatoms. The second-order valence-corrected chi connectivity index (χ2v) is 14.1. The van der Waals surface area contributed by atoms with Crippen LogP contribution in [0.4, 0.5) is 4.79 Å². The fourth-order valence-corrected chi connectivity index (χ4v) is 6.57. The van der Waals surface area contributed by atoms with Crippen LogP contribution in [-0.4, -0.2) is 62.4 Å². The van der Waals surface area contributed by atoms with Crippen LogP contribution in [0.5, 0.6) is 5.75 Å². The average molecular weight is 584 g/mol. The molecule has 1 N–H and O–H groups in total. The Bertz CT molecular complexity index is 1740. The van der Waals surface area contributed by atoms with Gasteiger partial charge in [0.25, 0.3) is 5.91 Å². The highest BCUT2D eigenvalue weighted by Crippen LogP contribution is 2.43. The summed E-state index contributed by atoms with van der Waals surface area (Å²) in [7, 11) is 0. The Balaban J connectivity index is 1.25. The number of likely N-dealkylation sites (tertiary alicyclic amines) is 1. The highest BCUT2D eigenvalue weighted by molar-refractivity contribution is 6.00. The molecule has 7 rings (SSSR count). The predicted molar refractivity (Wildman–Crippen MR) is 167 cm³/mol. The van der Waals surface area contributed by atoms with Gasteiger partial charge in [-0.2, -0.15) is 0 Å². The summed E-state index contributed by atoms with van der Waals surface area (Å²) in [6, 6.07) is 14.4. The number of carbonyl (C=O) groups excluding carboxylic acids is 2. The Morgan fingerprint density at radius 2 is 1.91 bits per heavy atom. The van der Waals surface area contributed by atoms with Crippen LogP contribution in [0.25, 0.3) is 33.5 Å². The number of benzene rings is 2. The van der Waals surface area contributed by atoms with E-state index in [0.29, 0.717) is 36.9 Å². The minimum atomic E-state index is -0.575. The second kappa shape index (κ2) is 10.0. The Labute approximate surface area is 252 Å². The molecule has 3 aliphatic rings. The Kier molecular flexibility index (Phi) is 6.48. The molecule has 2 aromatic carbocycles. The van der Waals surface area contributed by atoms with Gasteiger partial charge in [-0.05, 0) is 90.5 Å². The summed E-state index contributed by atoms with van der Waals surface area (Å²) in [5, 5.41) is 4.15. The fourth-order valence-electron chi connectivity index (χ4n) is 6.57. The standard InChI is InChI=1S/C34H41N5O4/c1-33(2,3)43-32(41)35-24-10-8-14-37(19-24)31(40)23-15-25-29-28(17-23)42-20-34(4,5)39(29)30(36-25)27-16-22-9-6-7-11-26(22)38(27)18-21-12-13-21/h6-7,9,11,15-17,21,24H,8,10,12-14,18-20H2,1-5H3,(H,35,41)/t24-/m1/s1. The lowest BCUT2D eigenvalue weighted by Gasteiger charge is -2.35. The smallest absolute Gasteiger partial charge is 0.407 e. The molecule has 43 heavy (non-hydrogen) atoms. The van der Waals surface area contributed by atoms with Crippen LogP contribution in [0.3, 0.4) is 0 Å². The normalized spacial score (nSPS) is 19.8. The van der Waals surface area contributed by atoms with E-state index in [2.05, 4.69) is 58.6 Å². The minimum absolute atomic E-state index is 0.0822. The van der Waals surface area contributed by atoms with Crippen LogP contribution in [0.1, 0.15) is 70.7 Å². The van der Waals surface area contributed by atoms with Crippen molar-refractivity contribution in [1.29, 1.82) is 0 Å². The first-order valence-electron chi connectivity index (χ1n) is 15.5. The van der Waals surface area contributed by atoms with E-state index >= 15 is 0 Å². The summed E-state index contributed by atoms with van der Waals surface area (Å²) < 4.78 is 16.5. The van der Waals surface area contributed by atoms with Gasteiger partial charge in [-0.1, -0.05) is 18.2 Å². The van der Waals surface area contributed by atoms with Crippen molar-refractivity contribution in [2.45, 2.75) is 84.0 Å². The van der Waals surface area contributed by atoms with Gasteiger partial charge < -0.3 is 28.8 Å². The van der Waals surface area contributed by atoms with Gasteiger partial charge in [-0.25, -0.2) is 9.78 Å². The van der Waals surface area contributed by atoms with E-state index in [9.17, 15) is 9.59 Å². The van der Waals surface area contributed by atoms with E-state index in [1.54, 1.807) is 0 Å². The summed E-state index contributed by atoms with van der Waals surface area (Å²) in [4.78, 5) is 33.3. The van der Waals surface area contributed by atoms with Crippen molar-refractivity contribution in [2.24, 2.45) is 5.92 Å². The molecule has 2 aromatic heterocycles. The summed E-state index contributed by atoms with van der Waals surface area (Å²) in [5.41, 5.74) is 3.66. The van der Waals surface area contributed by atoms with E-state index < -0.39 is 11.7 Å². The van der Waals surface area contributed by atoms with Gasteiger partial charge in [-0.15, -0.1) is 0 Å². The van der Waals surface area contributed by atoms with Gasteiger partial charge in [0.15, 0.2) is 5.82 Å². The summed E-state index contributed by atoms with van der Waals surface area (Å²) in [5.74, 6) is 2.21. The van der Waals surface area contributed by atoms with Crippen molar-refractivity contribution in [1.82, 2.24) is 24.3 Å². The number of para-hydroxylation sites is 1. The molecular formula is C34H41N5O4. The summed E-state index contributed by atoms with van der Waals surface area (Å²) in [6.07, 6.45) is 3.68. The molecular weight excluding hydrogens is 542 g/mol. The Morgan fingerprint density at radius 3 is 2.67 bits per heavy atom. The first kappa shape index (κ1) is 27.8. The zero-order valence-electron chi connectivity index (χ0n) is 25.8. The lowest BCUT2D eigenvalue weighted by atomic mass is 10.0. The molecule has 1 saturated heterocycles. The number of piperidine rings is 1. The van der Waals surface area contributed by atoms with Crippen molar-refractivity contribution >= 4 is 33.9 Å². The predicted octanol–water partition coefficient (Wildman–Crippen LogP) is 6.32. The van der Waals surface area contributed by atoms with E-state index in [1.807, 2.05) is 37.8 Å². The van der Waals surface area contributed by atoms with Crippen LogP contribution in [-0.2, 0) is 16.8 Å². The number of ether oxygens (including phenoxy) is 2. The monoisotopic (exact) mass is 583 g/mol. The van der Waals surface area contributed by atoms with E-state index in [4.69, 9.17) is 14.5 Å². The minimum Gasteiger partial charge on any atom is -0.489 e. The van der Waals surface area contributed by atoms with Crippen molar-refractivity contribution in [3.05, 3.63) is 48.0 Å². The average Bonchev–Trinajstić information content (AvgIpc) is 3.57. The third-order valence-electron chi connectivity index (χ3n) is 8.76. The van der Waals surface area contributed by atoms with Gasteiger partial charge >= 0.3 is 6.09 Å². The highest BCUT2D eigenvalue weighted by atomic mass is 16.6. The molecule has 2 aliphatic heterocycles. The highest BCUT2D eigenvalue weighted by Gasteiger charge is 2.36. The number of amides is 2. The molecule has 0 radical (unpaired) electrons. The lowest BCUT2D eigenvalue weighted by molar-refractivity contribution is 0.0452. The molecule has 4 heterocycles. The second-order valence-electron chi connectivity index (χ2n) is 14.1. The number of fused-ring (bicyclic) bond motifs is 1. The number of hydrogen-bond acceptors (Lipinski definition) is 5. The van der Waals surface area contributed by atoms with Crippen LogP contribution < -0.4 is 10.1 Å². The number of imidazole rings is 1. The number of nitrogens with zero attached hydrogens (tertiary/aromatic N) is 4. The molecule has 226 valence electrons. The first-order chi connectivity index (χ1) is 20.5. The van der Waals surface area contributed by atoms with Crippen molar-refractivity contribution in [2.75, 3.05) is 19.7 Å². The van der Waals surface area contributed by atoms with Gasteiger partial charge in [0.2, 0.25) is 0 Å². The molecule has 2 amide bonds. The van der Waals surface area contributed by atoms with Crippen LogP contribution >= 0.6 is 0 Å². The van der Waals surface area contributed by atoms with Crippen LogP contribution in [0.2, 0.25) is 0 Å².